The van der Waals surface area contributed by atoms with Crippen LogP contribution in [0, 0.1) is 19.8 Å². The fourth-order valence-electron chi connectivity index (χ4n) is 4.88. The second-order valence-corrected chi connectivity index (χ2v) is 11.4. The van der Waals surface area contributed by atoms with Gasteiger partial charge in [0.2, 0.25) is 0 Å². The lowest BCUT2D eigenvalue weighted by Crippen LogP contribution is -2.41. The predicted molar refractivity (Wildman–Crippen MR) is 131 cm³/mol. The Bertz CT molecular complexity index is 1120. The minimum absolute atomic E-state index is 0.0242. The minimum atomic E-state index is -0.577. The molecule has 1 saturated carbocycles. The van der Waals surface area contributed by atoms with Gasteiger partial charge in [0.25, 0.3) is 5.91 Å². The van der Waals surface area contributed by atoms with Crippen LogP contribution in [-0.2, 0) is 14.3 Å². The number of Topliss-reactive ketones (excluding diaryl/α,β-unsaturated/α-hetero) is 1. The predicted octanol–water partition coefficient (Wildman–Crippen LogP) is 5.42. The zero-order valence-electron chi connectivity index (χ0n) is 19.0. The number of ketones is 1. The first-order valence-corrected chi connectivity index (χ1v) is 13.2. The van der Waals surface area contributed by atoms with Crippen LogP contribution < -0.4 is 9.64 Å². The Morgan fingerprint density at radius 2 is 2.09 bits per heavy atom. The van der Waals surface area contributed by atoms with E-state index in [4.69, 9.17) is 9.47 Å². The number of carbonyl (C=O) groups excluding carboxylic acids is 2. The molecule has 0 radical (unpaired) electrons. The molecule has 0 N–H and O–H groups in total. The lowest BCUT2D eigenvalue weighted by Gasteiger charge is -2.37. The third-order valence-corrected chi connectivity index (χ3v) is 8.56. The molecule has 4 unspecified atom stereocenters. The monoisotopic (exact) mass is 530 g/mol. The van der Waals surface area contributed by atoms with E-state index in [1.807, 2.05) is 38.1 Å². The molecule has 174 valence electrons. The summed E-state index contributed by atoms with van der Waals surface area (Å²) in [5.74, 6) is 0.427. The summed E-state index contributed by atoms with van der Waals surface area (Å²) in [6.07, 6.45) is 3.07. The van der Waals surface area contributed by atoms with Gasteiger partial charge < -0.3 is 9.47 Å². The summed E-state index contributed by atoms with van der Waals surface area (Å²) in [7, 11) is 0. The van der Waals surface area contributed by atoms with Gasteiger partial charge in [0.1, 0.15) is 11.9 Å². The summed E-state index contributed by atoms with van der Waals surface area (Å²) in [4.78, 5) is 35.2. The number of amides is 1. The smallest absolute Gasteiger partial charge is 0.296 e. The largest absolute Gasteiger partial charge is 0.494 e. The summed E-state index contributed by atoms with van der Waals surface area (Å²) in [5.41, 5.74) is 2.17. The van der Waals surface area contributed by atoms with Crippen LogP contribution in [0.15, 0.2) is 35.6 Å². The van der Waals surface area contributed by atoms with Crippen molar-refractivity contribution in [3.8, 4) is 5.75 Å². The van der Waals surface area contributed by atoms with Crippen molar-refractivity contribution in [2.24, 2.45) is 5.92 Å². The lowest BCUT2D eigenvalue weighted by atomic mass is 9.77. The molecule has 3 aliphatic rings. The number of alkyl halides is 1. The SMILES string of the molecule is CCCOc1cccc(C2C3=C(OC4CCC(Br)CC4C3=O)C(=O)N2c2nc(C)c(C)s2)c1. The van der Waals surface area contributed by atoms with Gasteiger partial charge in [0.15, 0.2) is 16.7 Å². The molecular weight excluding hydrogens is 504 g/mol. The van der Waals surface area contributed by atoms with Crippen LogP contribution in [0.1, 0.15) is 54.8 Å². The van der Waals surface area contributed by atoms with Gasteiger partial charge in [-0.25, -0.2) is 4.98 Å². The quantitative estimate of drug-likeness (QED) is 0.482. The maximum atomic E-state index is 13.8. The van der Waals surface area contributed by atoms with Crippen molar-refractivity contribution in [2.75, 3.05) is 11.5 Å². The third kappa shape index (κ3) is 3.91. The lowest BCUT2D eigenvalue weighted by molar-refractivity contribution is -0.131. The molecule has 4 atom stereocenters. The topological polar surface area (TPSA) is 68.7 Å². The number of nitrogens with zero attached hydrogens (tertiary/aromatic N) is 2. The summed E-state index contributed by atoms with van der Waals surface area (Å²) >= 11 is 5.16. The van der Waals surface area contributed by atoms with Gasteiger partial charge in [0.05, 0.1) is 29.8 Å². The number of thiazole rings is 1. The molecule has 0 bridgehead atoms. The standard InChI is InChI=1S/C25H27BrN2O4S/c1-4-10-31-17-7-5-6-15(11-17)21-20-22(29)18-12-16(26)8-9-19(18)32-23(20)24(30)28(21)25-27-13(2)14(3)33-25/h5-7,11,16,18-19,21H,4,8-10,12H2,1-3H3. The van der Waals surface area contributed by atoms with Crippen molar-refractivity contribution in [3.05, 3.63) is 51.7 Å². The van der Waals surface area contributed by atoms with E-state index in [9.17, 15) is 9.59 Å². The number of hydrogen-bond donors (Lipinski definition) is 0. The normalized spacial score (nSPS) is 26.8. The Hall–Kier alpha value is -2.19. The van der Waals surface area contributed by atoms with E-state index < -0.39 is 6.04 Å². The first kappa shape index (κ1) is 22.6. The zero-order valence-corrected chi connectivity index (χ0v) is 21.4. The van der Waals surface area contributed by atoms with E-state index in [1.165, 1.54) is 11.3 Å². The molecule has 1 fully saturated rings. The summed E-state index contributed by atoms with van der Waals surface area (Å²) < 4.78 is 12.1. The molecule has 6 nitrogen and oxygen atoms in total. The third-order valence-electron chi connectivity index (χ3n) is 6.65. The van der Waals surface area contributed by atoms with Crippen molar-refractivity contribution in [3.63, 3.8) is 0 Å². The molecule has 33 heavy (non-hydrogen) atoms. The summed E-state index contributed by atoms with van der Waals surface area (Å²) in [6, 6.07) is 7.11. The average molecular weight is 531 g/mol. The highest BCUT2D eigenvalue weighted by atomic mass is 79.9. The Morgan fingerprint density at radius 3 is 2.82 bits per heavy atom. The molecule has 2 aromatic rings. The molecule has 0 spiro atoms. The molecule has 1 amide bonds. The van der Waals surface area contributed by atoms with Gasteiger partial charge in [-0.15, -0.1) is 11.3 Å². The molecule has 1 aliphatic carbocycles. The number of rotatable bonds is 5. The van der Waals surface area contributed by atoms with E-state index in [-0.39, 0.29) is 34.3 Å². The number of fused-ring (bicyclic) bond motifs is 1. The van der Waals surface area contributed by atoms with Gasteiger partial charge in [-0.1, -0.05) is 35.0 Å². The van der Waals surface area contributed by atoms with E-state index in [0.29, 0.717) is 17.3 Å². The molecular formula is C25H27BrN2O4S. The van der Waals surface area contributed by atoms with Crippen molar-refractivity contribution >= 4 is 44.1 Å². The number of ether oxygens (including phenoxy) is 2. The maximum Gasteiger partial charge on any atom is 0.296 e. The van der Waals surface area contributed by atoms with Crippen LogP contribution in [0.2, 0.25) is 0 Å². The Labute approximate surface area is 206 Å². The number of halogens is 1. The van der Waals surface area contributed by atoms with Crippen LogP contribution in [0.5, 0.6) is 5.75 Å². The number of aromatic nitrogens is 1. The number of hydrogen-bond acceptors (Lipinski definition) is 6. The molecule has 2 aliphatic heterocycles. The Balaban J connectivity index is 1.62. The van der Waals surface area contributed by atoms with Gasteiger partial charge in [-0.05, 0) is 57.2 Å². The summed E-state index contributed by atoms with van der Waals surface area (Å²) in [5, 5.41) is 0.590. The van der Waals surface area contributed by atoms with E-state index in [2.05, 4.69) is 27.8 Å². The van der Waals surface area contributed by atoms with Crippen LogP contribution >= 0.6 is 27.3 Å². The van der Waals surface area contributed by atoms with Gasteiger partial charge in [-0.2, -0.15) is 0 Å². The zero-order chi connectivity index (χ0) is 23.3. The minimum Gasteiger partial charge on any atom is -0.494 e. The fourth-order valence-corrected chi connectivity index (χ4v) is 6.48. The van der Waals surface area contributed by atoms with Crippen LogP contribution in [0.4, 0.5) is 5.13 Å². The Morgan fingerprint density at radius 1 is 1.27 bits per heavy atom. The van der Waals surface area contributed by atoms with E-state index in [1.54, 1.807) is 4.90 Å². The Kier molecular flexibility index (Phi) is 6.07. The first-order valence-electron chi connectivity index (χ1n) is 11.5. The molecule has 0 saturated heterocycles. The second kappa shape index (κ2) is 8.87. The second-order valence-electron chi connectivity index (χ2n) is 8.92. The van der Waals surface area contributed by atoms with Crippen molar-refractivity contribution in [1.29, 1.82) is 0 Å². The number of anilines is 1. The number of benzene rings is 1. The maximum absolute atomic E-state index is 13.8. The van der Waals surface area contributed by atoms with Gasteiger partial charge in [-0.3, -0.25) is 14.5 Å². The fraction of sp³-hybridized carbons (Fsp3) is 0.480. The van der Waals surface area contributed by atoms with Crippen molar-refractivity contribution < 1.29 is 19.1 Å². The van der Waals surface area contributed by atoms with Gasteiger partial charge in [0, 0.05) is 9.70 Å². The molecule has 1 aromatic carbocycles. The highest BCUT2D eigenvalue weighted by molar-refractivity contribution is 9.09. The molecule has 1 aromatic heterocycles. The highest BCUT2D eigenvalue weighted by Gasteiger charge is 2.53. The average Bonchev–Trinajstić information content (AvgIpc) is 3.29. The van der Waals surface area contributed by atoms with Crippen LogP contribution in [0.25, 0.3) is 0 Å². The number of aryl methyl sites for hydroxylation is 2. The van der Waals surface area contributed by atoms with Crippen molar-refractivity contribution in [2.45, 2.75) is 63.4 Å². The van der Waals surface area contributed by atoms with Crippen LogP contribution in [-0.4, -0.2) is 34.2 Å². The van der Waals surface area contributed by atoms with E-state index in [0.717, 1.165) is 47.6 Å². The number of carbonyl (C=O) groups is 2. The molecule has 5 rings (SSSR count). The van der Waals surface area contributed by atoms with Crippen molar-refractivity contribution in [1.82, 2.24) is 4.98 Å². The molecule has 3 heterocycles. The molecule has 8 heteroatoms. The highest BCUT2D eigenvalue weighted by Crippen LogP contribution is 2.49. The van der Waals surface area contributed by atoms with Crippen LogP contribution in [0.3, 0.4) is 0 Å². The van der Waals surface area contributed by atoms with E-state index >= 15 is 0 Å². The summed E-state index contributed by atoms with van der Waals surface area (Å²) in [6.45, 7) is 6.59. The van der Waals surface area contributed by atoms with Gasteiger partial charge >= 0.3 is 0 Å². The first-order chi connectivity index (χ1) is 15.9.